The number of nitrogens with zero attached hydrogens (tertiary/aromatic N) is 1. The molecule has 0 aromatic heterocycles. The largest absolute Gasteiger partial charge is 0.489 e. The standard InChI is InChI=1S/C16H21ClN2O2/c1-10-3-6-18-19-14(10)12-7-11(2)15(13(17)8-12)21-9-16(20)4-5-16/h7-8,10,18,20H,3-6,9H2,1-2H3. The normalized spacial score (nSPS) is 23.2. The predicted octanol–water partition coefficient (Wildman–Crippen LogP) is 2.89. The van der Waals surface area contributed by atoms with E-state index in [0.29, 0.717) is 23.3 Å². The van der Waals surface area contributed by atoms with Crippen LogP contribution < -0.4 is 10.2 Å². The van der Waals surface area contributed by atoms with E-state index in [0.717, 1.165) is 42.6 Å². The van der Waals surface area contributed by atoms with Crippen molar-refractivity contribution in [2.24, 2.45) is 11.0 Å². The van der Waals surface area contributed by atoms with E-state index in [2.05, 4.69) is 23.5 Å². The Balaban J connectivity index is 1.83. The Morgan fingerprint density at radius 1 is 1.48 bits per heavy atom. The van der Waals surface area contributed by atoms with Crippen LogP contribution >= 0.6 is 11.6 Å². The third-order valence-electron chi connectivity index (χ3n) is 4.19. The molecule has 1 saturated carbocycles. The molecule has 2 aliphatic rings. The smallest absolute Gasteiger partial charge is 0.140 e. The lowest BCUT2D eigenvalue weighted by Gasteiger charge is -2.21. The molecule has 1 aromatic carbocycles. The van der Waals surface area contributed by atoms with Crippen LogP contribution in [0.1, 0.15) is 37.3 Å². The van der Waals surface area contributed by atoms with Crippen molar-refractivity contribution < 1.29 is 9.84 Å². The molecule has 1 aliphatic heterocycles. The molecular weight excluding hydrogens is 288 g/mol. The summed E-state index contributed by atoms with van der Waals surface area (Å²) in [6.45, 7) is 5.38. The first-order chi connectivity index (χ1) is 9.98. The van der Waals surface area contributed by atoms with Crippen molar-refractivity contribution in [2.45, 2.75) is 38.7 Å². The predicted molar refractivity (Wildman–Crippen MR) is 84.2 cm³/mol. The topological polar surface area (TPSA) is 53.9 Å². The van der Waals surface area contributed by atoms with Gasteiger partial charge in [-0.2, -0.15) is 5.10 Å². The van der Waals surface area contributed by atoms with Gasteiger partial charge in [0.15, 0.2) is 0 Å². The Labute approximate surface area is 130 Å². The number of aliphatic hydroxyl groups is 1. The number of hydrogen-bond donors (Lipinski definition) is 2. The van der Waals surface area contributed by atoms with E-state index in [9.17, 15) is 5.11 Å². The summed E-state index contributed by atoms with van der Waals surface area (Å²) in [5.41, 5.74) is 5.46. The van der Waals surface area contributed by atoms with E-state index in [1.165, 1.54) is 0 Å². The molecule has 1 fully saturated rings. The molecule has 4 nitrogen and oxygen atoms in total. The maximum Gasteiger partial charge on any atom is 0.140 e. The van der Waals surface area contributed by atoms with Crippen molar-refractivity contribution >= 4 is 17.3 Å². The summed E-state index contributed by atoms with van der Waals surface area (Å²) in [6, 6.07) is 3.96. The van der Waals surface area contributed by atoms with Gasteiger partial charge in [-0.15, -0.1) is 0 Å². The molecule has 3 rings (SSSR count). The fourth-order valence-corrected chi connectivity index (χ4v) is 2.90. The lowest BCUT2D eigenvalue weighted by Crippen LogP contribution is -2.27. The van der Waals surface area contributed by atoms with E-state index in [1.807, 2.05) is 13.0 Å². The molecule has 0 amide bonds. The fraction of sp³-hybridized carbons (Fsp3) is 0.562. The summed E-state index contributed by atoms with van der Waals surface area (Å²) in [4.78, 5) is 0. The van der Waals surface area contributed by atoms with Crippen LogP contribution in [0, 0.1) is 12.8 Å². The van der Waals surface area contributed by atoms with Crippen LogP contribution in [0.3, 0.4) is 0 Å². The molecule has 0 radical (unpaired) electrons. The molecular formula is C16H21ClN2O2. The van der Waals surface area contributed by atoms with Crippen molar-refractivity contribution in [1.29, 1.82) is 0 Å². The first-order valence-electron chi connectivity index (χ1n) is 7.45. The molecule has 5 heteroatoms. The first-order valence-corrected chi connectivity index (χ1v) is 7.82. The number of hydrazone groups is 1. The van der Waals surface area contributed by atoms with Crippen molar-refractivity contribution in [2.75, 3.05) is 13.2 Å². The third-order valence-corrected chi connectivity index (χ3v) is 4.47. The molecule has 21 heavy (non-hydrogen) atoms. The number of ether oxygens (including phenoxy) is 1. The highest BCUT2D eigenvalue weighted by Gasteiger charge is 2.41. The van der Waals surface area contributed by atoms with Crippen LogP contribution in [0.2, 0.25) is 5.02 Å². The maximum atomic E-state index is 9.87. The molecule has 0 spiro atoms. The van der Waals surface area contributed by atoms with Crippen LogP contribution in [-0.4, -0.2) is 29.6 Å². The summed E-state index contributed by atoms with van der Waals surface area (Å²) in [5, 5.41) is 14.9. The minimum atomic E-state index is -0.639. The van der Waals surface area contributed by atoms with E-state index >= 15 is 0 Å². The van der Waals surface area contributed by atoms with Crippen molar-refractivity contribution in [1.82, 2.24) is 5.43 Å². The van der Waals surface area contributed by atoms with Crippen LogP contribution in [0.5, 0.6) is 5.75 Å². The van der Waals surface area contributed by atoms with Gasteiger partial charge >= 0.3 is 0 Å². The highest BCUT2D eigenvalue weighted by molar-refractivity contribution is 6.32. The zero-order valence-corrected chi connectivity index (χ0v) is 13.2. The van der Waals surface area contributed by atoms with Crippen molar-refractivity contribution in [3.05, 3.63) is 28.3 Å². The van der Waals surface area contributed by atoms with Crippen LogP contribution in [-0.2, 0) is 0 Å². The van der Waals surface area contributed by atoms with E-state index < -0.39 is 5.60 Å². The summed E-state index contributed by atoms with van der Waals surface area (Å²) in [5.74, 6) is 1.08. The molecule has 1 aromatic rings. The number of nitrogens with one attached hydrogen (secondary N) is 1. The first kappa shape index (κ1) is 14.7. The number of aryl methyl sites for hydroxylation is 1. The van der Waals surface area contributed by atoms with Crippen molar-refractivity contribution in [3.8, 4) is 5.75 Å². The van der Waals surface area contributed by atoms with Gasteiger partial charge in [0.1, 0.15) is 12.4 Å². The Morgan fingerprint density at radius 2 is 2.24 bits per heavy atom. The van der Waals surface area contributed by atoms with E-state index in [1.54, 1.807) is 0 Å². The van der Waals surface area contributed by atoms with Crippen molar-refractivity contribution in [3.63, 3.8) is 0 Å². The number of rotatable bonds is 4. The molecule has 0 saturated heterocycles. The van der Waals surface area contributed by atoms with Gasteiger partial charge in [-0.05, 0) is 49.4 Å². The maximum absolute atomic E-state index is 9.87. The van der Waals surface area contributed by atoms with E-state index in [-0.39, 0.29) is 0 Å². The van der Waals surface area contributed by atoms with Gasteiger partial charge in [0.05, 0.1) is 16.3 Å². The number of benzene rings is 1. The van der Waals surface area contributed by atoms with Crippen LogP contribution in [0.25, 0.3) is 0 Å². The van der Waals surface area contributed by atoms with Gasteiger partial charge in [-0.25, -0.2) is 0 Å². The van der Waals surface area contributed by atoms with Crippen LogP contribution in [0.4, 0.5) is 0 Å². The highest BCUT2D eigenvalue weighted by Crippen LogP contribution is 2.38. The molecule has 0 bridgehead atoms. The van der Waals surface area contributed by atoms with E-state index in [4.69, 9.17) is 16.3 Å². The highest BCUT2D eigenvalue weighted by atomic mass is 35.5. The SMILES string of the molecule is Cc1cc(C2=NNCCC2C)cc(Cl)c1OCC1(O)CC1. The second kappa shape index (κ2) is 5.50. The number of hydrogen-bond acceptors (Lipinski definition) is 4. The summed E-state index contributed by atoms with van der Waals surface area (Å²) >= 11 is 6.37. The zero-order chi connectivity index (χ0) is 15.0. The molecule has 1 unspecified atom stereocenters. The lowest BCUT2D eigenvalue weighted by molar-refractivity contribution is 0.0854. The minimum Gasteiger partial charge on any atom is -0.489 e. The van der Waals surface area contributed by atoms with Gasteiger partial charge in [-0.1, -0.05) is 18.5 Å². The molecule has 1 aliphatic carbocycles. The van der Waals surface area contributed by atoms with Crippen LogP contribution in [0.15, 0.2) is 17.2 Å². The lowest BCUT2D eigenvalue weighted by atomic mass is 9.93. The number of halogens is 1. The zero-order valence-electron chi connectivity index (χ0n) is 12.4. The minimum absolute atomic E-state index is 0.311. The molecule has 2 N–H and O–H groups in total. The van der Waals surface area contributed by atoms with Gasteiger partial charge in [0.2, 0.25) is 0 Å². The van der Waals surface area contributed by atoms with Gasteiger partial charge < -0.3 is 15.3 Å². The van der Waals surface area contributed by atoms with Gasteiger partial charge in [-0.3, -0.25) is 0 Å². The van der Waals surface area contributed by atoms with Gasteiger partial charge in [0.25, 0.3) is 0 Å². The summed E-state index contributed by atoms with van der Waals surface area (Å²) in [6.07, 6.45) is 2.68. The molecule has 114 valence electrons. The Bertz CT molecular complexity index is 559. The summed E-state index contributed by atoms with van der Waals surface area (Å²) in [7, 11) is 0. The Hall–Kier alpha value is -1.26. The molecule has 1 atom stereocenters. The Kier molecular flexibility index (Phi) is 3.84. The molecule has 1 heterocycles. The quantitative estimate of drug-likeness (QED) is 0.899. The second-order valence-electron chi connectivity index (χ2n) is 6.21. The Morgan fingerprint density at radius 3 is 2.86 bits per heavy atom. The summed E-state index contributed by atoms with van der Waals surface area (Å²) < 4.78 is 5.73. The fourth-order valence-electron chi connectivity index (χ4n) is 2.57. The monoisotopic (exact) mass is 308 g/mol. The average Bonchev–Trinajstić information content (AvgIpc) is 3.16. The van der Waals surface area contributed by atoms with Gasteiger partial charge in [0, 0.05) is 12.5 Å². The third kappa shape index (κ3) is 3.16. The average molecular weight is 309 g/mol. The second-order valence-corrected chi connectivity index (χ2v) is 6.62.